The molecule has 0 heterocycles. The summed E-state index contributed by atoms with van der Waals surface area (Å²) in [6.45, 7) is 0.216. The van der Waals surface area contributed by atoms with Gasteiger partial charge in [0.15, 0.2) is 82.9 Å². The summed E-state index contributed by atoms with van der Waals surface area (Å²) in [6.07, 6.45) is 0. The minimum absolute atomic E-state index is 0. The summed E-state index contributed by atoms with van der Waals surface area (Å²) < 4.78 is 7.84. The Morgan fingerprint density at radius 1 is 0.292 bits per heavy atom. The van der Waals surface area contributed by atoms with E-state index >= 15 is 0 Å². The minimum Gasteiger partial charge on any atom is -0.391 e. The number of hydrogen-bond acceptors (Lipinski definition) is 3. The fraction of sp³-hybridized carbons (Fsp3) is 0. The van der Waals surface area contributed by atoms with Crippen molar-refractivity contribution >= 4 is 564 Å². The Balaban J connectivity index is 0. The maximum atomic E-state index is 6.92. The smallest absolute Gasteiger partial charge is 0.391 e. The summed E-state index contributed by atoms with van der Waals surface area (Å²) in [4.78, 5) is 0. The second kappa shape index (κ2) is 36.0. The van der Waals surface area contributed by atoms with Crippen LogP contribution in [0.15, 0.2) is 0 Å². The van der Waals surface area contributed by atoms with Gasteiger partial charge in [-0.15, -0.1) is 44.7 Å². The molecule has 4 radical (unpaired) electrons. The first-order valence-corrected chi connectivity index (χ1v) is 37.9. The van der Waals surface area contributed by atoms with Crippen LogP contribution in [0.1, 0.15) is 0 Å². The van der Waals surface area contributed by atoms with E-state index in [4.69, 9.17) is 26.8 Å². The number of hydrogen-bond donors (Lipinski definition) is 3. The average molecular weight is 2870 g/mol. The van der Waals surface area contributed by atoms with E-state index in [0.29, 0.717) is 78.8 Å². The van der Waals surface area contributed by atoms with Gasteiger partial charge >= 0.3 is 29.6 Å². The van der Waals surface area contributed by atoms with E-state index in [2.05, 4.69) is 453 Å². The van der Waals surface area contributed by atoms with Gasteiger partial charge in [-0.1, -0.05) is 0 Å². The van der Waals surface area contributed by atoms with Gasteiger partial charge in [0.05, 0.1) is 0 Å². The summed E-state index contributed by atoms with van der Waals surface area (Å²) in [5, 5.41) is 4.00. The van der Waals surface area contributed by atoms with Crippen molar-refractivity contribution in [1.82, 2.24) is 5.14 Å². The van der Waals surface area contributed by atoms with Gasteiger partial charge in [0.2, 0.25) is 0 Å². The van der Waals surface area contributed by atoms with Crippen LogP contribution < -0.4 is 46.0 Å². The standard InChI is InChI=1S/B24H5I20N3.Na/c1-3(25)5(27)7(29)15(37)21(45)17(39)11(33)9(31)13(35)19(41)23(43)47-24(44)20(42)14(36)10(32)12(34)18(40)22(46)16(38)8(30)6(28)4(2)26;/h47H,45-46H2;/q;+1. The Morgan fingerprint density at radius 3 is 0.667 bits per heavy atom. The number of nitrogens with two attached hydrogens (primary N) is 2. The van der Waals surface area contributed by atoms with Crippen LogP contribution in [-0.2, 0) is 0 Å². The van der Waals surface area contributed by atoms with Crippen LogP contribution in [0.3, 0.4) is 0 Å². The van der Waals surface area contributed by atoms with Crippen LogP contribution in [0.25, 0.3) is 0 Å². The van der Waals surface area contributed by atoms with Crippen molar-refractivity contribution in [2.45, 2.75) is 0 Å². The third kappa shape index (κ3) is 23.8. The van der Waals surface area contributed by atoms with Crippen LogP contribution >= 0.6 is 447 Å². The zero-order valence-corrected chi connectivity index (χ0v) is 69.2. The molecular formula is H5B24I20N3Na+. The Labute approximate surface area is 591 Å². The quantitative estimate of drug-likeness (QED) is 0.114. The van der Waals surface area contributed by atoms with E-state index in [1.54, 1.807) is 0 Å². The summed E-state index contributed by atoms with van der Waals surface area (Å²) in [5.74, 6) is 0. The van der Waals surface area contributed by atoms with Crippen molar-refractivity contribution in [3.63, 3.8) is 0 Å². The van der Waals surface area contributed by atoms with Crippen molar-refractivity contribution in [1.29, 1.82) is 0 Å². The van der Waals surface area contributed by atoms with E-state index in [9.17, 15) is 0 Å². The Hall–Kier alpha value is 17.0. The van der Waals surface area contributed by atoms with Crippen LogP contribution in [0.4, 0.5) is 0 Å². The molecule has 0 atom stereocenters. The molecule has 0 unspecified atom stereocenters. The monoisotopic (exact) mass is 2870 g/mol. The van der Waals surface area contributed by atoms with Gasteiger partial charge in [-0.25, -0.2) is 0 Å². The average Bonchev–Trinajstić information content (AvgIpc) is 3.04. The molecule has 0 aromatic heterocycles. The molecule has 0 spiro atoms. The van der Waals surface area contributed by atoms with Gasteiger partial charge in [-0.2, -0.15) is 403 Å². The Kier molecular flexibility index (Phi) is 50.4. The fourth-order valence-electron chi connectivity index (χ4n) is 3.62. The van der Waals surface area contributed by atoms with Crippen LogP contribution in [0, 0.1) is 0 Å². The van der Waals surface area contributed by atoms with Gasteiger partial charge in [0.25, 0.3) is 9.19 Å². The zero-order valence-electron chi connectivity index (χ0n) is 24.1. The van der Waals surface area contributed by atoms with Crippen LogP contribution in [0.5, 0.6) is 0 Å². The van der Waals surface area contributed by atoms with Crippen molar-refractivity contribution in [3.05, 3.63) is 0 Å². The predicted molar refractivity (Wildman–Crippen MR) is 430 cm³/mol. The molecule has 0 aliphatic carbocycles. The molecule has 48 heteroatoms. The normalized spacial score (nSPS) is 9.96. The van der Waals surface area contributed by atoms with Crippen molar-refractivity contribution < 1.29 is 29.6 Å². The van der Waals surface area contributed by atoms with Crippen molar-refractivity contribution in [2.24, 2.45) is 11.3 Å². The number of nitrogens with one attached hydrogen (secondary N) is 1. The molecule has 0 aromatic carbocycles. The summed E-state index contributed by atoms with van der Waals surface area (Å²) in [6, 6.07) is 0. The van der Waals surface area contributed by atoms with E-state index in [1.165, 1.54) is 0 Å². The summed E-state index contributed by atoms with van der Waals surface area (Å²) in [7, 11) is 12.4. The first-order chi connectivity index (χ1) is 21.3. The predicted octanol–water partition coefficient (Wildman–Crippen LogP) is 3.90. The molecular weight excluding hydrogens is 2860 g/mol. The molecule has 0 amide bonds. The molecule has 0 saturated carbocycles. The fourth-order valence-corrected chi connectivity index (χ4v) is 31.0. The van der Waals surface area contributed by atoms with Gasteiger partial charge in [-0.3, -0.25) is 0 Å². The Bertz CT molecular complexity index is 810. The number of rotatable bonds is 22. The van der Waals surface area contributed by atoms with Crippen LogP contribution in [0.2, 0.25) is 0 Å². The SMILES string of the molecule is [B]B(I)B(I)B(I)B(I)B(N)B(I)B(I)B(I)B(I)B(I)B(I)NB(I)B(I)B(I)B(I)B(I)B(I)B(N)B(I)B(I)B(I)B([B])I.[Na+]. The molecule has 0 rings (SSSR count). The van der Waals surface area contributed by atoms with E-state index in [1.807, 2.05) is 0 Å². The molecule has 0 aliphatic rings. The molecule has 0 bridgehead atoms. The first kappa shape index (κ1) is 67.1. The maximum absolute atomic E-state index is 6.92. The van der Waals surface area contributed by atoms with E-state index in [0.717, 1.165) is 0 Å². The number of halogens is 20. The third-order valence-corrected chi connectivity index (χ3v) is 57.3. The third-order valence-electron chi connectivity index (χ3n) is 6.61. The first-order valence-electron chi connectivity index (χ1n) is 12.9. The molecule has 0 aromatic rings. The summed E-state index contributed by atoms with van der Waals surface area (Å²) in [5.41, 5.74) is 13.8. The van der Waals surface area contributed by atoms with Gasteiger partial charge in [0.1, 0.15) is 8.70 Å². The van der Waals surface area contributed by atoms with E-state index in [-0.39, 0.29) is 51.5 Å². The van der Waals surface area contributed by atoms with Crippen LogP contribution in [-0.4, -0.2) is 116 Å². The van der Waals surface area contributed by atoms with Crippen molar-refractivity contribution in [3.8, 4) is 0 Å². The summed E-state index contributed by atoms with van der Waals surface area (Å²) >= 11 is 51.9. The largest absolute Gasteiger partial charge is 1.00 e. The Morgan fingerprint density at radius 2 is 0.458 bits per heavy atom. The minimum atomic E-state index is 0. The molecule has 0 saturated heterocycles. The molecule has 0 fully saturated rings. The second-order valence-corrected chi connectivity index (χ2v) is 38.7. The molecule has 232 valence electrons. The molecule has 5 N–H and O–H groups in total. The second-order valence-electron chi connectivity index (χ2n) is 10.1. The van der Waals surface area contributed by atoms with Gasteiger partial charge in [0, 0.05) is 15.5 Å². The van der Waals surface area contributed by atoms with E-state index < -0.39 is 0 Å². The van der Waals surface area contributed by atoms with Gasteiger partial charge in [-0.05, 0) is 0 Å². The molecule has 3 nitrogen and oxygen atoms in total. The molecule has 48 heavy (non-hydrogen) atoms. The van der Waals surface area contributed by atoms with Crippen molar-refractivity contribution in [2.75, 3.05) is 0 Å². The molecule has 0 aliphatic heterocycles. The maximum Gasteiger partial charge on any atom is 1.00 e. The van der Waals surface area contributed by atoms with Gasteiger partial charge < -0.3 is 16.4 Å². The topological polar surface area (TPSA) is 64.1 Å². The zero-order chi connectivity index (χ0) is 37.4.